The maximum absolute atomic E-state index is 10.8. The van der Waals surface area contributed by atoms with Gasteiger partial charge in [-0.2, -0.15) is 0 Å². The van der Waals surface area contributed by atoms with Crippen LogP contribution in [0, 0.1) is 0 Å². The van der Waals surface area contributed by atoms with Gasteiger partial charge in [-0.25, -0.2) is 10.1 Å². The van der Waals surface area contributed by atoms with Crippen LogP contribution in [0.2, 0.25) is 0 Å². The van der Waals surface area contributed by atoms with Crippen LogP contribution in [0.3, 0.4) is 0 Å². The summed E-state index contributed by atoms with van der Waals surface area (Å²) >= 11 is 0. The van der Waals surface area contributed by atoms with Gasteiger partial charge in [0.2, 0.25) is 0 Å². The number of hydrogen-bond donors (Lipinski definition) is 2. The highest BCUT2D eigenvalue weighted by molar-refractivity contribution is 6.07. The Kier molecular flexibility index (Phi) is 1.63. The third-order valence-corrected chi connectivity index (χ3v) is 1.75. The second-order valence-electron chi connectivity index (χ2n) is 2.64. The molecule has 60 valence electrons. The predicted octanol–water partition coefficient (Wildman–Crippen LogP) is -1.36. The highest BCUT2D eigenvalue weighted by Gasteiger charge is 2.21. The molecule has 12 heavy (non-hydrogen) atoms. The molecular weight excluding hydrogens is 152 g/mol. The van der Waals surface area contributed by atoms with Crippen LogP contribution in [-0.2, 0) is 4.79 Å². The lowest BCUT2D eigenvalue weighted by atomic mass is 10.2. The van der Waals surface area contributed by atoms with E-state index in [4.69, 9.17) is 0 Å². The van der Waals surface area contributed by atoms with Crippen LogP contribution < -0.4 is 10.3 Å². The molecule has 0 fully saturated rings. The van der Waals surface area contributed by atoms with E-state index < -0.39 is 0 Å². The fraction of sp³-hybridized carbons (Fsp3) is 0.111. The fourth-order valence-electron chi connectivity index (χ4n) is 1.18. The molecule has 0 unspecified atom stereocenters. The van der Waals surface area contributed by atoms with Crippen molar-refractivity contribution in [1.82, 2.24) is 5.32 Å². The third kappa shape index (κ3) is 1.21. The Morgan fingerprint density at radius 1 is 1.25 bits per heavy atom. The number of carbonyl (C=O) groups excluding carboxylic acids is 1. The average molecular weight is 161 g/mol. The number of amides is 1. The molecule has 0 spiro atoms. The minimum absolute atomic E-state index is 0.0221. The van der Waals surface area contributed by atoms with Gasteiger partial charge in [-0.3, -0.25) is 4.99 Å². The van der Waals surface area contributed by atoms with E-state index >= 15 is 0 Å². The maximum Gasteiger partial charge on any atom is 0.348 e. The summed E-state index contributed by atoms with van der Waals surface area (Å²) in [6.45, 7) is 0.379. The van der Waals surface area contributed by atoms with Crippen molar-refractivity contribution in [3.63, 3.8) is 0 Å². The summed E-state index contributed by atoms with van der Waals surface area (Å²) in [5, 5.41) is 2.74. The van der Waals surface area contributed by atoms with Crippen LogP contribution in [0.15, 0.2) is 30.3 Å². The molecular formula is C9H9N2O+. The van der Waals surface area contributed by atoms with Gasteiger partial charge in [0.1, 0.15) is 0 Å². The molecule has 0 saturated carbocycles. The molecule has 3 heteroatoms. The molecule has 1 aromatic rings. The third-order valence-electron chi connectivity index (χ3n) is 1.75. The lowest BCUT2D eigenvalue weighted by Gasteiger charge is -1.92. The lowest BCUT2D eigenvalue weighted by Crippen LogP contribution is -2.71. The first-order chi connectivity index (χ1) is 5.86. The van der Waals surface area contributed by atoms with Crippen molar-refractivity contribution in [1.29, 1.82) is 0 Å². The zero-order valence-electron chi connectivity index (χ0n) is 6.50. The Balaban J connectivity index is 2.28. The van der Waals surface area contributed by atoms with Crippen LogP contribution in [0.5, 0.6) is 0 Å². The zero-order valence-corrected chi connectivity index (χ0v) is 6.50. The van der Waals surface area contributed by atoms with E-state index in [9.17, 15) is 4.79 Å². The van der Waals surface area contributed by atoms with Gasteiger partial charge in [0.05, 0.1) is 5.56 Å². The van der Waals surface area contributed by atoms with E-state index in [0.29, 0.717) is 6.54 Å². The summed E-state index contributed by atoms with van der Waals surface area (Å²) in [7, 11) is 0. The number of carbonyl (C=O) groups is 1. The van der Waals surface area contributed by atoms with Crippen LogP contribution >= 0.6 is 0 Å². The smallest absolute Gasteiger partial charge is 0.262 e. The number of amidine groups is 1. The highest BCUT2D eigenvalue weighted by Crippen LogP contribution is 1.96. The molecule has 1 heterocycles. The fourth-order valence-corrected chi connectivity index (χ4v) is 1.18. The number of rotatable bonds is 1. The van der Waals surface area contributed by atoms with Crippen molar-refractivity contribution >= 4 is 11.7 Å². The summed E-state index contributed by atoms with van der Waals surface area (Å²) in [6, 6.07) is 9.73. The van der Waals surface area contributed by atoms with Crippen molar-refractivity contribution in [3.05, 3.63) is 35.9 Å². The Labute approximate surface area is 70.1 Å². The first kappa shape index (κ1) is 7.03. The zero-order chi connectivity index (χ0) is 8.39. The Hall–Kier alpha value is -1.64. The largest absolute Gasteiger partial charge is 0.348 e. The van der Waals surface area contributed by atoms with Crippen LogP contribution in [0.1, 0.15) is 5.56 Å². The van der Waals surface area contributed by atoms with Gasteiger partial charge in [0.25, 0.3) is 5.84 Å². The molecule has 0 aromatic heterocycles. The second-order valence-corrected chi connectivity index (χ2v) is 2.64. The topological polar surface area (TPSA) is 43.1 Å². The molecule has 0 radical (unpaired) electrons. The Morgan fingerprint density at radius 3 is 2.58 bits per heavy atom. The lowest BCUT2D eigenvalue weighted by molar-refractivity contribution is -0.436. The molecule has 1 aromatic carbocycles. The number of benzene rings is 1. The molecule has 3 nitrogen and oxygen atoms in total. The molecule has 0 bridgehead atoms. The molecule has 2 N–H and O–H groups in total. The van der Waals surface area contributed by atoms with Crippen molar-refractivity contribution in [3.8, 4) is 0 Å². The molecule has 0 saturated heterocycles. The summed E-state index contributed by atoms with van der Waals surface area (Å²) in [5.74, 6) is 0.828. The van der Waals surface area contributed by atoms with Gasteiger partial charge in [-0.1, -0.05) is 18.2 Å². The Morgan fingerprint density at radius 2 is 2.00 bits per heavy atom. The van der Waals surface area contributed by atoms with Crippen LogP contribution in [-0.4, -0.2) is 18.3 Å². The summed E-state index contributed by atoms with van der Waals surface area (Å²) in [4.78, 5) is 13.8. The SMILES string of the molecule is O=C1C[NH+]=C(c2ccccc2)N1. The normalized spacial score (nSPS) is 15.7. The first-order valence-corrected chi connectivity index (χ1v) is 3.82. The predicted molar refractivity (Wildman–Crippen MR) is 44.5 cm³/mol. The summed E-state index contributed by atoms with van der Waals surface area (Å²) in [5.41, 5.74) is 1.02. The first-order valence-electron chi connectivity index (χ1n) is 3.82. The van der Waals surface area contributed by atoms with E-state index in [2.05, 4.69) is 10.3 Å². The molecule has 0 aliphatic carbocycles. The van der Waals surface area contributed by atoms with Crippen molar-refractivity contribution in [2.75, 3.05) is 6.54 Å². The van der Waals surface area contributed by atoms with E-state index in [0.717, 1.165) is 11.4 Å². The second kappa shape index (κ2) is 2.77. The van der Waals surface area contributed by atoms with Gasteiger partial charge in [0.15, 0.2) is 6.54 Å². The number of hydrogen-bond acceptors (Lipinski definition) is 1. The van der Waals surface area contributed by atoms with Gasteiger partial charge in [-0.05, 0) is 12.1 Å². The van der Waals surface area contributed by atoms with E-state index in [1.54, 1.807) is 0 Å². The van der Waals surface area contributed by atoms with Crippen molar-refractivity contribution < 1.29 is 9.79 Å². The standard InChI is InChI=1S/C9H8N2O/c12-8-6-10-9(11-8)7-4-2-1-3-5-7/h1-5H,6H2,(H,10,11,12)/p+1. The quantitative estimate of drug-likeness (QED) is 0.525. The van der Waals surface area contributed by atoms with E-state index in [1.807, 2.05) is 30.3 Å². The molecule has 1 amide bonds. The van der Waals surface area contributed by atoms with Crippen LogP contribution in [0.4, 0.5) is 0 Å². The monoisotopic (exact) mass is 161 g/mol. The average Bonchev–Trinajstić information content (AvgIpc) is 2.54. The minimum Gasteiger partial charge on any atom is -0.262 e. The molecule has 0 atom stereocenters. The van der Waals surface area contributed by atoms with Crippen molar-refractivity contribution in [2.24, 2.45) is 0 Å². The van der Waals surface area contributed by atoms with E-state index in [-0.39, 0.29) is 5.91 Å². The summed E-state index contributed by atoms with van der Waals surface area (Å²) < 4.78 is 0. The van der Waals surface area contributed by atoms with Gasteiger partial charge in [0, 0.05) is 0 Å². The van der Waals surface area contributed by atoms with Crippen molar-refractivity contribution in [2.45, 2.75) is 0 Å². The van der Waals surface area contributed by atoms with Gasteiger partial charge >= 0.3 is 5.91 Å². The minimum atomic E-state index is 0.0221. The Bertz CT molecular complexity index is 330. The maximum atomic E-state index is 10.8. The van der Waals surface area contributed by atoms with Crippen LogP contribution in [0.25, 0.3) is 0 Å². The molecule has 1 aliphatic rings. The highest BCUT2D eigenvalue weighted by atomic mass is 16.2. The summed E-state index contributed by atoms with van der Waals surface area (Å²) in [6.07, 6.45) is 0. The van der Waals surface area contributed by atoms with E-state index in [1.165, 1.54) is 0 Å². The number of nitrogens with one attached hydrogen (secondary N) is 2. The van der Waals surface area contributed by atoms with Gasteiger partial charge in [-0.15, -0.1) is 0 Å². The van der Waals surface area contributed by atoms with Gasteiger partial charge < -0.3 is 0 Å². The molecule has 2 rings (SSSR count). The molecule has 1 aliphatic heterocycles.